The van der Waals surface area contributed by atoms with Gasteiger partial charge in [-0.05, 0) is 30.4 Å². The molecule has 0 bridgehead atoms. The molecule has 0 aliphatic heterocycles. The molecule has 7 heteroatoms. The van der Waals surface area contributed by atoms with Gasteiger partial charge in [-0.15, -0.1) is 5.10 Å². The zero-order valence-corrected chi connectivity index (χ0v) is 16.2. The van der Waals surface area contributed by atoms with Gasteiger partial charge in [0, 0.05) is 24.2 Å². The van der Waals surface area contributed by atoms with Crippen molar-refractivity contribution in [2.75, 3.05) is 5.32 Å². The highest BCUT2D eigenvalue weighted by molar-refractivity contribution is 5.59. The van der Waals surface area contributed by atoms with Gasteiger partial charge in [0.2, 0.25) is 11.7 Å². The average molecular weight is 385 g/mol. The number of anilines is 1. The molecule has 1 N–H and O–H groups in total. The molecule has 0 atom stereocenters. The topological polar surface area (TPSA) is 80.9 Å². The molecule has 146 valence electrons. The molecule has 0 spiro atoms. The van der Waals surface area contributed by atoms with Crippen LogP contribution >= 0.6 is 0 Å². The minimum absolute atomic E-state index is 0.490. The third-order valence-electron chi connectivity index (χ3n) is 5.55. The van der Waals surface area contributed by atoms with E-state index in [0.717, 1.165) is 17.0 Å². The predicted octanol–water partition coefficient (Wildman–Crippen LogP) is 4.24. The van der Waals surface area contributed by atoms with E-state index in [4.69, 9.17) is 0 Å². The zero-order valence-electron chi connectivity index (χ0n) is 16.2. The van der Waals surface area contributed by atoms with Crippen molar-refractivity contribution < 1.29 is 0 Å². The molecule has 5 rings (SSSR count). The third kappa shape index (κ3) is 3.94. The number of hydrogen-bond acceptors (Lipinski definition) is 6. The first-order valence-electron chi connectivity index (χ1n) is 10.2. The summed E-state index contributed by atoms with van der Waals surface area (Å²) in [7, 11) is 0. The monoisotopic (exact) mass is 385 g/mol. The fourth-order valence-corrected chi connectivity index (χ4v) is 4.01. The van der Waals surface area contributed by atoms with Gasteiger partial charge in [-0.1, -0.05) is 43.5 Å². The van der Waals surface area contributed by atoms with Crippen molar-refractivity contribution in [1.82, 2.24) is 29.5 Å². The number of benzene rings is 1. The highest BCUT2D eigenvalue weighted by atomic mass is 15.2. The number of aromatic nitrogens is 6. The summed E-state index contributed by atoms with van der Waals surface area (Å²) in [5, 5.41) is 11.4. The summed E-state index contributed by atoms with van der Waals surface area (Å²) in [6.07, 6.45) is 14.0. The van der Waals surface area contributed by atoms with Crippen molar-refractivity contribution in [2.24, 2.45) is 0 Å². The quantitative estimate of drug-likeness (QED) is 0.553. The first-order chi connectivity index (χ1) is 14.3. The Morgan fingerprint density at radius 2 is 1.90 bits per heavy atom. The number of rotatable bonds is 5. The minimum Gasteiger partial charge on any atom is -0.347 e. The maximum atomic E-state index is 4.62. The molecule has 3 heterocycles. The van der Waals surface area contributed by atoms with Crippen molar-refractivity contribution in [3.63, 3.8) is 0 Å². The molecule has 3 aromatic heterocycles. The van der Waals surface area contributed by atoms with Crippen molar-refractivity contribution in [3.8, 4) is 11.3 Å². The number of nitrogens with one attached hydrogen (secondary N) is 1. The Morgan fingerprint density at radius 1 is 1.03 bits per heavy atom. The lowest BCUT2D eigenvalue weighted by Crippen LogP contribution is -2.06. The van der Waals surface area contributed by atoms with Gasteiger partial charge in [0.05, 0.1) is 24.1 Å². The summed E-state index contributed by atoms with van der Waals surface area (Å²) < 4.78 is 1.89. The van der Waals surface area contributed by atoms with Crippen LogP contribution in [-0.2, 0) is 6.54 Å². The van der Waals surface area contributed by atoms with Crippen LogP contribution in [0.15, 0.2) is 55.1 Å². The molecule has 0 amide bonds. The highest BCUT2D eigenvalue weighted by Crippen LogP contribution is 2.33. The molecule has 1 fully saturated rings. The maximum Gasteiger partial charge on any atom is 0.243 e. The largest absolute Gasteiger partial charge is 0.347 e. The molecule has 1 saturated carbocycles. The molecule has 0 saturated heterocycles. The number of imidazole rings is 1. The van der Waals surface area contributed by atoms with E-state index in [0.29, 0.717) is 24.2 Å². The van der Waals surface area contributed by atoms with E-state index in [2.05, 4.69) is 54.7 Å². The molecule has 0 unspecified atom stereocenters. The van der Waals surface area contributed by atoms with Crippen LogP contribution < -0.4 is 5.32 Å². The molecule has 1 aromatic carbocycles. The van der Waals surface area contributed by atoms with Gasteiger partial charge in [0.15, 0.2) is 0 Å². The average Bonchev–Trinajstić information content (AvgIpc) is 3.22. The fraction of sp³-hybridized carbons (Fsp3) is 0.318. The Labute approximate surface area is 169 Å². The molecular weight excluding hydrogens is 362 g/mol. The third-order valence-corrected chi connectivity index (χ3v) is 5.55. The Hall–Kier alpha value is -3.35. The highest BCUT2D eigenvalue weighted by Gasteiger charge is 2.15. The van der Waals surface area contributed by atoms with E-state index < -0.39 is 0 Å². The SMILES string of the molecule is c1cnc2nc(CNc3nncc(-c4ccc(C5CCCCC5)cc4)n3)cn2c1. The van der Waals surface area contributed by atoms with Gasteiger partial charge < -0.3 is 5.32 Å². The molecule has 1 aliphatic rings. The van der Waals surface area contributed by atoms with E-state index in [1.165, 1.54) is 37.7 Å². The summed E-state index contributed by atoms with van der Waals surface area (Å²) in [6.45, 7) is 0.509. The van der Waals surface area contributed by atoms with Gasteiger partial charge in [0.25, 0.3) is 0 Å². The van der Waals surface area contributed by atoms with Crippen LogP contribution in [-0.4, -0.2) is 29.5 Å². The smallest absolute Gasteiger partial charge is 0.243 e. The summed E-state index contributed by atoms with van der Waals surface area (Å²) in [5.41, 5.74) is 4.18. The normalized spacial score (nSPS) is 14.9. The Morgan fingerprint density at radius 3 is 2.72 bits per heavy atom. The van der Waals surface area contributed by atoms with Gasteiger partial charge in [-0.2, -0.15) is 5.10 Å². The Bertz CT molecular complexity index is 1060. The second-order valence-electron chi connectivity index (χ2n) is 7.53. The van der Waals surface area contributed by atoms with Crippen LogP contribution in [0.4, 0.5) is 5.95 Å². The number of nitrogens with zero attached hydrogens (tertiary/aromatic N) is 6. The fourth-order valence-electron chi connectivity index (χ4n) is 4.01. The standard InChI is InChI=1S/C22H23N7/c1-2-5-16(6-3-1)17-7-9-18(10-8-17)20-14-25-28-21(27-20)24-13-19-15-29-12-4-11-23-22(29)26-19/h4,7-12,14-16H,1-3,5-6,13H2,(H,24,27,28). The predicted molar refractivity (Wildman–Crippen MR) is 111 cm³/mol. The molecule has 4 aromatic rings. The van der Waals surface area contributed by atoms with Crippen LogP contribution in [0.25, 0.3) is 17.0 Å². The molecule has 0 radical (unpaired) electrons. The van der Waals surface area contributed by atoms with E-state index in [-0.39, 0.29) is 0 Å². The zero-order chi connectivity index (χ0) is 19.5. The maximum absolute atomic E-state index is 4.62. The van der Waals surface area contributed by atoms with Gasteiger partial charge >= 0.3 is 0 Å². The van der Waals surface area contributed by atoms with E-state index >= 15 is 0 Å². The van der Waals surface area contributed by atoms with Gasteiger partial charge in [0.1, 0.15) is 0 Å². The minimum atomic E-state index is 0.490. The van der Waals surface area contributed by atoms with Crippen LogP contribution in [0.1, 0.15) is 49.3 Å². The summed E-state index contributed by atoms with van der Waals surface area (Å²) in [4.78, 5) is 13.3. The first-order valence-corrected chi connectivity index (χ1v) is 10.2. The first kappa shape index (κ1) is 17.7. The summed E-state index contributed by atoms with van der Waals surface area (Å²) in [5.74, 6) is 1.87. The second-order valence-corrected chi connectivity index (χ2v) is 7.53. The van der Waals surface area contributed by atoms with Crippen molar-refractivity contribution in [2.45, 2.75) is 44.6 Å². The summed E-state index contributed by atoms with van der Waals surface area (Å²) >= 11 is 0. The van der Waals surface area contributed by atoms with Crippen LogP contribution in [0.3, 0.4) is 0 Å². The van der Waals surface area contributed by atoms with Crippen molar-refractivity contribution in [1.29, 1.82) is 0 Å². The number of fused-ring (bicyclic) bond motifs is 1. The van der Waals surface area contributed by atoms with E-state index in [1.807, 2.05) is 22.9 Å². The molecule has 29 heavy (non-hydrogen) atoms. The van der Waals surface area contributed by atoms with Crippen LogP contribution in [0.5, 0.6) is 0 Å². The van der Waals surface area contributed by atoms with Crippen LogP contribution in [0, 0.1) is 0 Å². The number of hydrogen-bond donors (Lipinski definition) is 1. The lowest BCUT2D eigenvalue weighted by Gasteiger charge is -2.22. The van der Waals surface area contributed by atoms with Gasteiger partial charge in [-0.25, -0.2) is 15.0 Å². The lowest BCUT2D eigenvalue weighted by molar-refractivity contribution is 0.443. The van der Waals surface area contributed by atoms with Gasteiger partial charge in [-0.3, -0.25) is 4.40 Å². The summed E-state index contributed by atoms with van der Waals surface area (Å²) in [6, 6.07) is 10.6. The van der Waals surface area contributed by atoms with Crippen molar-refractivity contribution in [3.05, 3.63) is 66.4 Å². The lowest BCUT2D eigenvalue weighted by atomic mass is 9.84. The molecule has 1 aliphatic carbocycles. The Kier molecular flexibility index (Phi) is 4.86. The Balaban J connectivity index is 1.28. The van der Waals surface area contributed by atoms with Crippen LogP contribution in [0.2, 0.25) is 0 Å². The van der Waals surface area contributed by atoms with E-state index in [1.54, 1.807) is 12.4 Å². The second kappa shape index (κ2) is 7.95. The molecular formula is C22H23N7. The molecule has 7 nitrogen and oxygen atoms in total. The van der Waals surface area contributed by atoms with E-state index in [9.17, 15) is 0 Å². The van der Waals surface area contributed by atoms with Crippen molar-refractivity contribution >= 4 is 11.7 Å².